The van der Waals surface area contributed by atoms with E-state index < -0.39 is 12.1 Å². The van der Waals surface area contributed by atoms with Gasteiger partial charge in [0.05, 0.1) is 11.5 Å². The van der Waals surface area contributed by atoms with E-state index in [1.807, 2.05) is 0 Å². The minimum absolute atomic E-state index is 0.0844. The van der Waals surface area contributed by atoms with Crippen LogP contribution in [0.25, 0.3) is 6.08 Å². The normalized spacial score (nSPS) is 12.5. The molecule has 0 aliphatic rings. The fourth-order valence-electron chi connectivity index (χ4n) is 3.64. The molecule has 3 aromatic rings. The van der Waals surface area contributed by atoms with Crippen molar-refractivity contribution in [1.82, 2.24) is 4.90 Å². The molecule has 176 valence electrons. The number of nitrogens with zero attached hydrogens (tertiary/aromatic N) is 1. The number of carbonyl (C=O) groups excluding carboxylic acids is 2. The molecule has 3 nitrogen and oxygen atoms in total. The highest BCUT2D eigenvalue weighted by Gasteiger charge is 2.39. The second kappa shape index (κ2) is 10.7. The lowest BCUT2D eigenvalue weighted by Gasteiger charge is -2.19. The molecule has 0 saturated carbocycles. The van der Waals surface area contributed by atoms with Crippen LogP contribution in [0.5, 0.6) is 0 Å². The molecule has 1 unspecified atom stereocenters. The molecular formula is C27H23ClF3NO2. The van der Waals surface area contributed by atoms with E-state index in [4.69, 9.17) is 11.6 Å². The molecule has 0 aliphatic carbocycles. The van der Waals surface area contributed by atoms with Gasteiger partial charge in [-0.25, -0.2) is 0 Å². The fraction of sp³-hybridized carbons (Fsp3) is 0.185. The van der Waals surface area contributed by atoms with Crippen LogP contribution >= 0.6 is 11.6 Å². The van der Waals surface area contributed by atoms with Crippen LogP contribution in [0.1, 0.15) is 48.9 Å². The van der Waals surface area contributed by atoms with Crippen molar-refractivity contribution in [2.45, 2.75) is 25.6 Å². The predicted octanol–water partition coefficient (Wildman–Crippen LogP) is 7.09. The summed E-state index contributed by atoms with van der Waals surface area (Å²) in [6, 6.07) is 17.9. The van der Waals surface area contributed by atoms with E-state index in [2.05, 4.69) is 0 Å². The lowest BCUT2D eigenvalue weighted by atomic mass is 9.95. The second-order valence-electron chi connectivity index (χ2n) is 8.05. The lowest BCUT2D eigenvalue weighted by Crippen LogP contribution is -2.27. The quantitative estimate of drug-likeness (QED) is 0.335. The molecule has 0 aromatic heterocycles. The molecule has 0 N–H and O–H groups in total. The van der Waals surface area contributed by atoms with E-state index in [9.17, 15) is 22.8 Å². The molecule has 3 aromatic carbocycles. The van der Waals surface area contributed by atoms with Gasteiger partial charge in [-0.2, -0.15) is 13.2 Å². The lowest BCUT2D eigenvalue weighted by molar-refractivity contribution is -0.139. The van der Waals surface area contributed by atoms with Gasteiger partial charge in [-0.3, -0.25) is 9.59 Å². The second-order valence-corrected chi connectivity index (χ2v) is 8.48. The summed E-state index contributed by atoms with van der Waals surface area (Å²) in [5.74, 6) is -2.08. The Labute approximate surface area is 201 Å². The van der Waals surface area contributed by atoms with Gasteiger partial charge in [0, 0.05) is 24.2 Å². The number of carbonyl (C=O) groups is 2. The topological polar surface area (TPSA) is 37.4 Å². The van der Waals surface area contributed by atoms with Crippen LogP contribution in [0.2, 0.25) is 5.02 Å². The zero-order chi connectivity index (χ0) is 24.9. The van der Waals surface area contributed by atoms with Crippen LogP contribution in [0, 0.1) is 6.92 Å². The van der Waals surface area contributed by atoms with Gasteiger partial charge in [0.2, 0.25) is 0 Å². The van der Waals surface area contributed by atoms with Gasteiger partial charge in [-0.05, 0) is 47.4 Å². The van der Waals surface area contributed by atoms with E-state index >= 15 is 0 Å². The molecule has 0 heterocycles. The highest BCUT2D eigenvalue weighted by molar-refractivity contribution is 6.30. The average Bonchev–Trinajstić information content (AvgIpc) is 2.78. The van der Waals surface area contributed by atoms with Gasteiger partial charge in [0.15, 0.2) is 6.29 Å². The van der Waals surface area contributed by atoms with Crippen LogP contribution in [-0.2, 0) is 6.54 Å². The summed E-state index contributed by atoms with van der Waals surface area (Å²) in [6.07, 6.45) is -1.28. The molecule has 0 fully saturated rings. The average molecular weight is 486 g/mol. The number of hydrogen-bond donors (Lipinski definition) is 0. The third-order valence-corrected chi connectivity index (χ3v) is 5.54. The SMILES string of the molecule is Cc1cc(Cl)cc(C(/C=C/c2ccc(CN(C)C(=O)c3ccccc3C=O)cc2)C(F)(F)F)c1. The van der Waals surface area contributed by atoms with Gasteiger partial charge < -0.3 is 4.90 Å². The monoisotopic (exact) mass is 485 g/mol. The number of allylic oxidation sites excluding steroid dienone is 1. The number of hydrogen-bond acceptors (Lipinski definition) is 2. The molecule has 0 radical (unpaired) electrons. The fourth-order valence-corrected chi connectivity index (χ4v) is 3.94. The first-order valence-corrected chi connectivity index (χ1v) is 10.9. The zero-order valence-corrected chi connectivity index (χ0v) is 19.4. The van der Waals surface area contributed by atoms with Crippen molar-refractivity contribution in [2.24, 2.45) is 0 Å². The van der Waals surface area contributed by atoms with Crippen LogP contribution in [0.3, 0.4) is 0 Å². The number of amides is 1. The molecule has 1 atom stereocenters. The maximum atomic E-state index is 13.7. The summed E-state index contributed by atoms with van der Waals surface area (Å²) in [4.78, 5) is 25.4. The van der Waals surface area contributed by atoms with E-state index in [1.165, 1.54) is 23.1 Å². The molecule has 3 rings (SSSR count). The Morgan fingerprint density at radius 3 is 2.35 bits per heavy atom. The third-order valence-electron chi connectivity index (χ3n) is 5.32. The van der Waals surface area contributed by atoms with Crippen molar-refractivity contribution in [3.63, 3.8) is 0 Å². The highest BCUT2D eigenvalue weighted by atomic mass is 35.5. The minimum Gasteiger partial charge on any atom is -0.337 e. The zero-order valence-electron chi connectivity index (χ0n) is 18.6. The Balaban J connectivity index is 1.74. The summed E-state index contributed by atoms with van der Waals surface area (Å²) >= 11 is 5.96. The molecule has 0 bridgehead atoms. The predicted molar refractivity (Wildman–Crippen MR) is 128 cm³/mol. The van der Waals surface area contributed by atoms with Crippen molar-refractivity contribution >= 4 is 29.9 Å². The van der Waals surface area contributed by atoms with Gasteiger partial charge >= 0.3 is 6.18 Å². The van der Waals surface area contributed by atoms with Crippen LogP contribution in [0.15, 0.2) is 72.8 Å². The van der Waals surface area contributed by atoms with E-state index in [0.717, 1.165) is 11.6 Å². The highest BCUT2D eigenvalue weighted by Crippen LogP contribution is 2.37. The van der Waals surface area contributed by atoms with Crippen LogP contribution in [0.4, 0.5) is 13.2 Å². The summed E-state index contributed by atoms with van der Waals surface area (Å²) in [5, 5.41) is 0.261. The van der Waals surface area contributed by atoms with E-state index in [-0.39, 0.29) is 23.0 Å². The number of aryl methyl sites for hydroxylation is 1. The smallest absolute Gasteiger partial charge is 0.337 e. The first-order valence-electron chi connectivity index (χ1n) is 10.5. The molecule has 34 heavy (non-hydrogen) atoms. The minimum atomic E-state index is -4.46. The maximum absolute atomic E-state index is 13.7. The number of benzene rings is 3. The largest absolute Gasteiger partial charge is 0.399 e. The van der Waals surface area contributed by atoms with Gasteiger partial charge in [-0.15, -0.1) is 0 Å². The number of halogens is 4. The van der Waals surface area contributed by atoms with Crippen molar-refractivity contribution in [3.8, 4) is 0 Å². The summed E-state index contributed by atoms with van der Waals surface area (Å²) in [7, 11) is 1.62. The van der Waals surface area contributed by atoms with Gasteiger partial charge in [0.25, 0.3) is 5.91 Å². The van der Waals surface area contributed by atoms with E-state index in [1.54, 1.807) is 68.6 Å². The van der Waals surface area contributed by atoms with Gasteiger partial charge in [0.1, 0.15) is 0 Å². The molecule has 7 heteroatoms. The number of alkyl halides is 3. The Kier molecular flexibility index (Phi) is 7.94. The first-order chi connectivity index (χ1) is 16.1. The Bertz CT molecular complexity index is 1180. The van der Waals surface area contributed by atoms with Crippen molar-refractivity contribution in [3.05, 3.63) is 111 Å². The van der Waals surface area contributed by atoms with Crippen molar-refractivity contribution < 1.29 is 22.8 Å². The summed E-state index contributed by atoms with van der Waals surface area (Å²) in [6.45, 7) is 1.98. The summed E-state index contributed by atoms with van der Waals surface area (Å²) < 4.78 is 41.1. The van der Waals surface area contributed by atoms with Crippen molar-refractivity contribution in [2.75, 3.05) is 7.05 Å². The Hall–Kier alpha value is -3.38. The summed E-state index contributed by atoms with van der Waals surface area (Å²) in [5.41, 5.74) is 2.76. The van der Waals surface area contributed by atoms with Crippen LogP contribution < -0.4 is 0 Å². The molecule has 0 aliphatic heterocycles. The van der Waals surface area contributed by atoms with Crippen molar-refractivity contribution in [1.29, 1.82) is 0 Å². The molecule has 0 spiro atoms. The Morgan fingerprint density at radius 1 is 1.06 bits per heavy atom. The Morgan fingerprint density at radius 2 is 1.74 bits per heavy atom. The molecule has 1 amide bonds. The third kappa shape index (κ3) is 6.35. The number of rotatable bonds is 7. The first kappa shape index (κ1) is 25.2. The van der Waals surface area contributed by atoms with E-state index in [0.29, 0.717) is 28.5 Å². The molecular weight excluding hydrogens is 463 g/mol. The maximum Gasteiger partial charge on any atom is 0.399 e. The molecule has 0 saturated heterocycles. The van der Waals surface area contributed by atoms with Gasteiger partial charge in [-0.1, -0.05) is 72.3 Å². The number of aldehydes is 1. The van der Waals surface area contributed by atoms with Crippen LogP contribution in [-0.4, -0.2) is 30.3 Å². The standard InChI is InChI=1S/C27H23ClF3NO2/c1-18-13-22(15-23(28)14-18)25(27(29,30)31)12-11-19-7-9-20(10-8-19)16-32(2)26(34)24-6-4-3-5-21(24)17-33/h3-15,17,25H,16H2,1-2H3/b12-11+.